The van der Waals surface area contributed by atoms with Crippen molar-refractivity contribution in [1.82, 2.24) is 25.2 Å². The van der Waals surface area contributed by atoms with Crippen LogP contribution < -0.4 is 5.32 Å². The summed E-state index contributed by atoms with van der Waals surface area (Å²) < 4.78 is 43.5. The Morgan fingerprint density at radius 3 is 2.68 bits per heavy atom. The van der Waals surface area contributed by atoms with E-state index < -0.39 is 12.1 Å². The van der Waals surface area contributed by atoms with Crippen LogP contribution in [0.5, 0.6) is 0 Å². The number of carbonyl (C=O) groups excluding carboxylic acids is 1. The van der Waals surface area contributed by atoms with Gasteiger partial charge in [0.05, 0.1) is 23.2 Å². The molecule has 1 N–H and O–H groups in total. The molecule has 0 fully saturated rings. The third-order valence-electron chi connectivity index (χ3n) is 3.54. The molecule has 0 saturated carbocycles. The van der Waals surface area contributed by atoms with Crippen LogP contribution in [-0.2, 0) is 12.7 Å². The van der Waals surface area contributed by atoms with Crippen LogP contribution in [0.25, 0.3) is 10.7 Å². The van der Waals surface area contributed by atoms with Gasteiger partial charge in [0.15, 0.2) is 0 Å². The third-order valence-corrected chi connectivity index (χ3v) is 4.61. The minimum atomic E-state index is -4.68. The zero-order valence-corrected chi connectivity index (χ0v) is 16.2. The molecule has 150 valence electrons. The lowest BCUT2D eigenvalue weighted by molar-refractivity contribution is -0.159. The summed E-state index contributed by atoms with van der Waals surface area (Å²) in [7, 11) is 0. The first-order chi connectivity index (χ1) is 13.0. The highest BCUT2D eigenvalue weighted by molar-refractivity contribution is 7.15. The van der Waals surface area contributed by atoms with Crippen LogP contribution in [-0.4, -0.2) is 32.4 Å². The van der Waals surface area contributed by atoms with E-state index >= 15 is 0 Å². The van der Waals surface area contributed by atoms with Crippen molar-refractivity contribution in [2.75, 3.05) is 6.54 Å². The van der Waals surface area contributed by atoms with Crippen LogP contribution in [0.2, 0.25) is 0 Å². The second kappa shape index (κ2) is 7.38. The van der Waals surface area contributed by atoms with Gasteiger partial charge >= 0.3 is 12.1 Å². The lowest BCUT2D eigenvalue weighted by atomic mass is 9.97. The van der Waals surface area contributed by atoms with Gasteiger partial charge in [-0.2, -0.15) is 23.3 Å². The molecule has 11 heteroatoms. The molecule has 3 heterocycles. The fourth-order valence-electron chi connectivity index (χ4n) is 2.20. The van der Waals surface area contributed by atoms with E-state index in [-0.39, 0.29) is 17.1 Å². The first-order valence-corrected chi connectivity index (χ1v) is 9.13. The number of carbonyl (C=O) groups is 1. The molecular weight excluding hydrogens is 395 g/mol. The smallest absolute Gasteiger partial charge is 0.351 e. The molecule has 0 aliphatic carbocycles. The molecule has 1 amide bonds. The average Bonchev–Trinajstić information content (AvgIpc) is 3.31. The summed E-state index contributed by atoms with van der Waals surface area (Å²) in [4.78, 5) is 16.8. The summed E-state index contributed by atoms with van der Waals surface area (Å²) in [6.45, 7) is 6.96. The maximum Gasteiger partial charge on any atom is 0.471 e. The first-order valence-electron chi connectivity index (χ1n) is 8.32. The highest BCUT2D eigenvalue weighted by Gasteiger charge is 2.38. The van der Waals surface area contributed by atoms with Crippen LogP contribution in [0.4, 0.5) is 13.2 Å². The van der Waals surface area contributed by atoms with Gasteiger partial charge in [-0.3, -0.25) is 9.48 Å². The maximum absolute atomic E-state index is 12.6. The Kier molecular flexibility index (Phi) is 5.28. The molecule has 0 atom stereocenters. The largest absolute Gasteiger partial charge is 0.471 e. The van der Waals surface area contributed by atoms with E-state index in [2.05, 4.69) is 25.1 Å². The molecule has 3 aromatic heterocycles. The van der Waals surface area contributed by atoms with Gasteiger partial charge in [0.2, 0.25) is 5.82 Å². The first kappa shape index (κ1) is 20.1. The van der Waals surface area contributed by atoms with Gasteiger partial charge in [-0.25, -0.2) is 0 Å². The van der Waals surface area contributed by atoms with Crippen LogP contribution in [0.3, 0.4) is 0 Å². The van der Waals surface area contributed by atoms with E-state index in [0.717, 1.165) is 4.88 Å². The van der Waals surface area contributed by atoms with Crippen LogP contribution in [0.1, 0.15) is 41.9 Å². The monoisotopic (exact) mass is 413 g/mol. The van der Waals surface area contributed by atoms with Gasteiger partial charge in [0.1, 0.15) is 0 Å². The molecule has 7 nitrogen and oxygen atoms in total. The van der Waals surface area contributed by atoms with Crippen molar-refractivity contribution in [3.05, 3.63) is 40.9 Å². The molecule has 0 aliphatic heterocycles. The fraction of sp³-hybridized carbons (Fsp3) is 0.412. The van der Waals surface area contributed by atoms with Gasteiger partial charge < -0.3 is 9.84 Å². The van der Waals surface area contributed by atoms with Crippen LogP contribution in [0.15, 0.2) is 29.0 Å². The Morgan fingerprint density at radius 2 is 2.04 bits per heavy atom. The highest BCUT2D eigenvalue weighted by Crippen LogP contribution is 2.31. The van der Waals surface area contributed by atoms with Crippen molar-refractivity contribution >= 4 is 17.2 Å². The minimum absolute atomic E-state index is 0.0276. The summed E-state index contributed by atoms with van der Waals surface area (Å²) in [6.07, 6.45) is -1.58. The van der Waals surface area contributed by atoms with Gasteiger partial charge in [0, 0.05) is 17.6 Å². The van der Waals surface area contributed by atoms with Crippen LogP contribution in [0, 0.1) is 5.41 Å². The lowest BCUT2D eigenvalue weighted by Crippen LogP contribution is -2.32. The third kappa shape index (κ3) is 4.97. The van der Waals surface area contributed by atoms with Crippen LogP contribution >= 0.6 is 11.3 Å². The van der Waals surface area contributed by atoms with E-state index in [1.54, 1.807) is 23.0 Å². The number of amides is 1. The number of nitrogens with one attached hydrogen (secondary N) is 1. The van der Waals surface area contributed by atoms with Crippen molar-refractivity contribution in [1.29, 1.82) is 0 Å². The highest BCUT2D eigenvalue weighted by atomic mass is 32.1. The molecule has 3 rings (SSSR count). The van der Waals surface area contributed by atoms with Gasteiger partial charge in [0.25, 0.3) is 5.91 Å². The van der Waals surface area contributed by atoms with Gasteiger partial charge in [-0.1, -0.05) is 25.9 Å². The molecule has 0 aromatic carbocycles. The SMILES string of the molecule is CC(C)(C)CNC(=O)c1cnn(Cc2ccc(-c3noc(C(F)(F)F)n3)s2)c1. The van der Waals surface area contributed by atoms with Crippen molar-refractivity contribution in [3.8, 4) is 10.7 Å². The number of halogens is 3. The summed E-state index contributed by atoms with van der Waals surface area (Å²) in [5, 5.41) is 10.4. The number of thiophene rings is 1. The van der Waals surface area contributed by atoms with Gasteiger partial charge in [-0.05, 0) is 17.5 Å². The summed E-state index contributed by atoms with van der Waals surface area (Å²) in [5.74, 6) is -1.71. The molecule has 0 radical (unpaired) electrons. The Bertz CT molecular complexity index is 968. The molecule has 0 aliphatic rings. The van der Waals surface area contributed by atoms with Crippen molar-refractivity contribution in [2.24, 2.45) is 5.41 Å². The standard InChI is InChI=1S/C17H18F3N5O2S/c1-16(2,3)9-21-14(26)10-6-22-25(7-10)8-11-4-5-12(28-11)13-23-15(27-24-13)17(18,19)20/h4-7H,8-9H2,1-3H3,(H,21,26). The maximum atomic E-state index is 12.6. The number of rotatable bonds is 5. The second-order valence-electron chi connectivity index (χ2n) is 7.36. The van der Waals surface area contributed by atoms with Gasteiger partial charge in [-0.15, -0.1) is 11.3 Å². The molecule has 0 saturated heterocycles. The van der Waals surface area contributed by atoms with Crippen molar-refractivity contribution < 1.29 is 22.5 Å². The Labute approximate surface area is 162 Å². The van der Waals surface area contributed by atoms with Crippen molar-refractivity contribution in [2.45, 2.75) is 33.5 Å². The topological polar surface area (TPSA) is 85.8 Å². The summed E-state index contributed by atoms with van der Waals surface area (Å²) >= 11 is 1.22. The normalized spacial score (nSPS) is 12.4. The number of aromatic nitrogens is 4. The number of nitrogens with zero attached hydrogens (tertiary/aromatic N) is 4. The lowest BCUT2D eigenvalue weighted by Gasteiger charge is -2.18. The quantitative estimate of drug-likeness (QED) is 0.687. The Balaban J connectivity index is 1.65. The van der Waals surface area contributed by atoms with E-state index in [1.807, 2.05) is 20.8 Å². The molecule has 3 aromatic rings. The van der Waals surface area contributed by atoms with E-state index in [0.29, 0.717) is 23.5 Å². The molecule has 0 unspecified atom stereocenters. The summed E-state index contributed by atoms with van der Waals surface area (Å²) in [5.41, 5.74) is 0.411. The Morgan fingerprint density at radius 1 is 1.29 bits per heavy atom. The molecule has 0 bridgehead atoms. The average molecular weight is 413 g/mol. The van der Waals surface area contributed by atoms with Crippen molar-refractivity contribution in [3.63, 3.8) is 0 Å². The molecule has 0 spiro atoms. The number of alkyl halides is 3. The zero-order chi connectivity index (χ0) is 20.5. The van der Waals surface area contributed by atoms with E-state index in [1.165, 1.54) is 17.5 Å². The second-order valence-corrected chi connectivity index (χ2v) is 8.53. The molecular formula is C17H18F3N5O2S. The predicted octanol–water partition coefficient (Wildman–Crippen LogP) is 3.84. The fourth-order valence-corrected chi connectivity index (χ4v) is 3.12. The Hall–Kier alpha value is -2.69. The number of hydrogen-bond acceptors (Lipinski definition) is 6. The minimum Gasteiger partial charge on any atom is -0.351 e. The molecule has 28 heavy (non-hydrogen) atoms. The predicted molar refractivity (Wildman–Crippen MR) is 95.7 cm³/mol. The number of hydrogen-bond donors (Lipinski definition) is 1. The summed E-state index contributed by atoms with van der Waals surface area (Å²) in [6, 6.07) is 3.36. The van der Waals surface area contributed by atoms with E-state index in [9.17, 15) is 18.0 Å². The van der Waals surface area contributed by atoms with E-state index in [4.69, 9.17) is 0 Å². The zero-order valence-electron chi connectivity index (χ0n) is 15.4.